The zero-order valence-electron chi connectivity index (χ0n) is 13.2. The van der Waals surface area contributed by atoms with Crippen LogP contribution in [0, 0.1) is 17.8 Å². The number of thiophene rings is 1. The average molecular weight is 352 g/mol. The van der Waals surface area contributed by atoms with Crippen molar-refractivity contribution in [2.45, 2.75) is 50.1 Å². The van der Waals surface area contributed by atoms with Crippen molar-refractivity contribution >= 4 is 11.3 Å². The average Bonchev–Trinajstić information content (AvgIpc) is 3.14. The largest absolute Gasteiger partial charge is 0.433 e. The highest BCUT2D eigenvalue weighted by atomic mass is 32.1. The van der Waals surface area contributed by atoms with Gasteiger partial charge in [0.1, 0.15) is 11.4 Å². The molecule has 4 aliphatic carbocycles. The second-order valence-corrected chi connectivity index (χ2v) is 8.94. The lowest BCUT2D eigenvalue weighted by molar-refractivity contribution is -0.143. The maximum Gasteiger partial charge on any atom is 0.433 e. The van der Waals surface area contributed by atoms with E-state index in [9.17, 15) is 13.2 Å². The van der Waals surface area contributed by atoms with Crippen LogP contribution >= 0.6 is 11.3 Å². The van der Waals surface area contributed by atoms with E-state index in [1.165, 1.54) is 30.6 Å². The van der Waals surface area contributed by atoms with E-state index < -0.39 is 11.9 Å². The van der Waals surface area contributed by atoms with Gasteiger partial charge in [0.15, 0.2) is 0 Å². The minimum absolute atomic E-state index is 0.327. The molecule has 4 fully saturated rings. The van der Waals surface area contributed by atoms with Crippen molar-refractivity contribution in [3.8, 4) is 10.6 Å². The molecule has 6 heteroatoms. The van der Waals surface area contributed by atoms with Crippen molar-refractivity contribution in [1.29, 1.82) is 0 Å². The SMILES string of the molecule is FC(F)(F)c1[nH]nc(-c2cccs2)c1C12CC3CC(CC(C3)C1)C2. The molecule has 128 valence electrons. The third kappa shape index (κ3) is 2.11. The van der Waals surface area contributed by atoms with Gasteiger partial charge in [-0.2, -0.15) is 18.3 Å². The van der Waals surface area contributed by atoms with Gasteiger partial charge in [0.2, 0.25) is 0 Å². The number of alkyl halides is 3. The number of hydrogen-bond acceptors (Lipinski definition) is 2. The molecule has 0 aliphatic heterocycles. The molecule has 0 saturated heterocycles. The zero-order chi connectivity index (χ0) is 16.5. The van der Waals surface area contributed by atoms with Crippen molar-refractivity contribution in [2.24, 2.45) is 17.8 Å². The Morgan fingerprint density at radius 3 is 2.21 bits per heavy atom. The molecule has 1 N–H and O–H groups in total. The molecular formula is C18H19F3N2S. The Morgan fingerprint density at radius 2 is 1.71 bits per heavy atom. The van der Waals surface area contributed by atoms with Gasteiger partial charge in [0, 0.05) is 11.0 Å². The number of halogens is 3. The minimum Gasteiger partial charge on any atom is -0.273 e. The lowest BCUT2D eigenvalue weighted by Gasteiger charge is -2.57. The van der Waals surface area contributed by atoms with Gasteiger partial charge in [-0.1, -0.05) is 6.07 Å². The van der Waals surface area contributed by atoms with Gasteiger partial charge in [-0.05, 0) is 67.7 Å². The number of rotatable bonds is 2. The predicted molar refractivity (Wildman–Crippen MR) is 86.8 cm³/mol. The Kier molecular flexibility index (Phi) is 3.04. The van der Waals surface area contributed by atoms with Crippen LogP contribution in [0.15, 0.2) is 17.5 Å². The van der Waals surface area contributed by atoms with Gasteiger partial charge >= 0.3 is 6.18 Å². The number of hydrogen-bond donors (Lipinski definition) is 1. The van der Waals surface area contributed by atoms with E-state index in [-0.39, 0.29) is 5.41 Å². The van der Waals surface area contributed by atoms with E-state index in [2.05, 4.69) is 10.2 Å². The maximum absolute atomic E-state index is 13.7. The first-order valence-electron chi connectivity index (χ1n) is 8.64. The van der Waals surface area contributed by atoms with Gasteiger partial charge < -0.3 is 0 Å². The maximum atomic E-state index is 13.7. The molecule has 4 aliphatic rings. The molecule has 6 rings (SSSR count). The fourth-order valence-corrected chi connectivity index (χ4v) is 6.79. The van der Waals surface area contributed by atoms with Crippen LogP contribution in [0.2, 0.25) is 0 Å². The highest BCUT2D eigenvalue weighted by Crippen LogP contribution is 2.63. The first kappa shape index (κ1) is 15.0. The zero-order valence-corrected chi connectivity index (χ0v) is 14.0. The molecule has 4 bridgehead atoms. The molecule has 4 saturated carbocycles. The van der Waals surface area contributed by atoms with Crippen LogP contribution in [0.5, 0.6) is 0 Å². The summed E-state index contributed by atoms with van der Waals surface area (Å²) in [6, 6.07) is 3.76. The van der Waals surface area contributed by atoms with Crippen LogP contribution in [0.25, 0.3) is 10.6 Å². The summed E-state index contributed by atoms with van der Waals surface area (Å²) in [5, 5.41) is 8.41. The molecular weight excluding hydrogens is 333 g/mol. The molecule has 0 amide bonds. The second-order valence-electron chi connectivity index (χ2n) is 8.00. The quantitative estimate of drug-likeness (QED) is 0.746. The molecule has 2 heterocycles. The topological polar surface area (TPSA) is 28.7 Å². The third-order valence-corrected chi connectivity index (χ3v) is 7.25. The number of nitrogens with zero attached hydrogens (tertiary/aromatic N) is 1. The molecule has 2 aromatic rings. The molecule has 0 atom stereocenters. The van der Waals surface area contributed by atoms with Gasteiger partial charge in [-0.25, -0.2) is 0 Å². The van der Waals surface area contributed by atoms with Crippen molar-refractivity contribution in [3.63, 3.8) is 0 Å². The van der Waals surface area contributed by atoms with E-state index in [1.54, 1.807) is 0 Å². The number of aromatic nitrogens is 2. The molecule has 2 nitrogen and oxygen atoms in total. The summed E-state index contributed by atoms with van der Waals surface area (Å²) in [5.41, 5.74) is 0.0787. The Balaban J connectivity index is 1.71. The van der Waals surface area contributed by atoms with Gasteiger partial charge in [0.05, 0.1) is 4.88 Å². The first-order valence-corrected chi connectivity index (χ1v) is 9.52. The van der Waals surface area contributed by atoms with Crippen LogP contribution in [-0.4, -0.2) is 10.2 Å². The Hall–Kier alpha value is -1.30. The van der Waals surface area contributed by atoms with Crippen molar-refractivity contribution in [2.75, 3.05) is 0 Å². The molecule has 24 heavy (non-hydrogen) atoms. The predicted octanol–water partition coefficient (Wildman–Crippen LogP) is 5.62. The van der Waals surface area contributed by atoms with Crippen LogP contribution in [0.1, 0.15) is 49.8 Å². The standard InChI is InChI=1S/C18H19F3N2S/c19-18(20,21)16-14(15(22-23-16)13-2-1-3-24-13)17-7-10-4-11(8-17)6-12(5-10)9-17/h1-3,10-12H,4-9H2,(H,22,23). The Bertz CT molecular complexity index is 725. The summed E-state index contributed by atoms with van der Waals surface area (Å²) in [4.78, 5) is 0.840. The Labute approximate surface area is 142 Å². The number of aromatic amines is 1. The van der Waals surface area contributed by atoms with E-state index in [4.69, 9.17) is 0 Å². The fraction of sp³-hybridized carbons (Fsp3) is 0.611. The summed E-state index contributed by atoms with van der Waals surface area (Å²) in [5.74, 6) is 1.80. The number of nitrogens with one attached hydrogen (secondary N) is 1. The van der Waals surface area contributed by atoms with Crippen LogP contribution < -0.4 is 0 Å². The fourth-order valence-electron chi connectivity index (χ4n) is 6.07. The summed E-state index contributed by atoms with van der Waals surface area (Å²) < 4.78 is 41.2. The van der Waals surface area contributed by atoms with Gasteiger partial charge in [-0.3, -0.25) is 5.10 Å². The molecule has 0 aromatic carbocycles. The Morgan fingerprint density at radius 1 is 1.08 bits per heavy atom. The monoisotopic (exact) mass is 352 g/mol. The second kappa shape index (κ2) is 4.87. The highest BCUT2D eigenvalue weighted by molar-refractivity contribution is 7.13. The molecule has 0 spiro atoms. The van der Waals surface area contributed by atoms with E-state index in [0.29, 0.717) is 29.0 Å². The van der Waals surface area contributed by atoms with Crippen molar-refractivity contribution in [3.05, 3.63) is 28.8 Å². The van der Waals surface area contributed by atoms with Crippen LogP contribution in [0.3, 0.4) is 0 Å². The van der Waals surface area contributed by atoms with E-state index in [0.717, 1.165) is 24.1 Å². The minimum atomic E-state index is -4.37. The summed E-state index contributed by atoms with van der Waals surface area (Å²) in [6.45, 7) is 0. The van der Waals surface area contributed by atoms with E-state index in [1.807, 2.05) is 17.5 Å². The van der Waals surface area contributed by atoms with Crippen molar-refractivity contribution in [1.82, 2.24) is 10.2 Å². The highest BCUT2D eigenvalue weighted by Gasteiger charge is 2.55. The molecule has 2 aromatic heterocycles. The molecule has 0 radical (unpaired) electrons. The van der Waals surface area contributed by atoms with Crippen LogP contribution in [0.4, 0.5) is 13.2 Å². The smallest absolute Gasteiger partial charge is 0.273 e. The van der Waals surface area contributed by atoms with Gasteiger partial charge in [0.25, 0.3) is 0 Å². The lowest BCUT2D eigenvalue weighted by atomic mass is 9.47. The van der Waals surface area contributed by atoms with Gasteiger partial charge in [-0.15, -0.1) is 11.3 Å². The van der Waals surface area contributed by atoms with Crippen LogP contribution in [-0.2, 0) is 11.6 Å². The molecule has 0 unspecified atom stereocenters. The summed E-state index contributed by atoms with van der Waals surface area (Å²) in [6.07, 6.45) is 1.98. The number of H-pyrrole nitrogens is 1. The third-order valence-electron chi connectivity index (χ3n) is 6.37. The normalized spacial score (nSPS) is 34.9. The lowest BCUT2D eigenvalue weighted by Crippen LogP contribution is -2.49. The first-order chi connectivity index (χ1) is 11.4. The summed E-state index contributed by atoms with van der Waals surface area (Å²) >= 11 is 1.47. The van der Waals surface area contributed by atoms with Crippen molar-refractivity contribution < 1.29 is 13.2 Å². The summed E-state index contributed by atoms with van der Waals surface area (Å²) in [7, 11) is 0. The van der Waals surface area contributed by atoms with E-state index >= 15 is 0 Å².